The molecule has 22 heavy (non-hydrogen) atoms. The molecule has 0 radical (unpaired) electrons. The zero-order chi connectivity index (χ0) is 14.9. The Hall–Kier alpha value is -2.87. The van der Waals surface area contributed by atoms with Crippen LogP contribution in [0.4, 0.5) is 0 Å². The van der Waals surface area contributed by atoms with Crippen molar-refractivity contribution < 1.29 is 4.40 Å². The number of hydrogen-bond acceptors (Lipinski definition) is 0. The highest BCUT2D eigenvalue weighted by Gasteiger charge is 2.20. The molecule has 2 aromatic carbocycles. The van der Waals surface area contributed by atoms with Crippen LogP contribution in [0.3, 0.4) is 0 Å². The standard InChI is InChI=1S/C20H17N2/c1-16-10-12-18(13-11-16)22-19(17-7-3-2-4-8-17)15-21-14-6-5-9-20(21)22/h2-15H,1H3/q+1. The lowest BCUT2D eigenvalue weighted by Crippen LogP contribution is -2.17. The van der Waals surface area contributed by atoms with Gasteiger partial charge in [-0.25, -0.2) is 4.40 Å². The molecule has 0 saturated carbocycles. The Kier molecular flexibility index (Phi) is 3.01. The summed E-state index contributed by atoms with van der Waals surface area (Å²) in [7, 11) is 0. The zero-order valence-corrected chi connectivity index (χ0v) is 12.5. The van der Waals surface area contributed by atoms with Crippen LogP contribution in [0.5, 0.6) is 0 Å². The smallest absolute Gasteiger partial charge is 0.202 e. The van der Waals surface area contributed by atoms with E-state index in [-0.39, 0.29) is 0 Å². The van der Waals surface area contributed by atoms with E-state index in [0.717, 1.165) is 5.65 Å². The fourth-order valence-electron chi connectivity index (χ4n) is 2.84. The second kappa shape index (κ2) is 5.15. The van der Waals surface area contributed by atoms with E-state index >= 15 is 0 Å². The third kappa shape index (κ3) is 2.09. The fraction of sp³-hybridized carbons (Fsp3) is 0.0500. The maximum absolute atomic E-state index is 2.30. The maximum atomic E-state index is 2.30. The highest BCUT2D eigenvalue weighted by Crippen LogP contribution is 2.24. The molecule has 2 aromatic heterocycles. The fourth-order valence-corrected chi connectivity index (χ4v) is 2.84. The molecule has 2 nitrogen and oxygen atoms in total. The number of hydrogen-bond donors (Lipinski definition) is 0. The van der Waals surface area contributed by atoms with Crippen molar-refractivity contribution in [3.63, 3.8) is 0 Å². The number of rotatable bonds is 2. The molecule has 0 amide bonds. The third-order valence-electron chi connectivity index (χ3n) is 3.96. The maximum Gasteiger partial charge on any atom is 0.291 e. The molecule has 0 unspecified atom stereocenters. The normalized spacial score (nSPS) is 11.0. The Bertz CT molecular complexity index is 919. The topological polar surface area (TPSA) is 9.03 Å². The highest BCUT2D eigenvalue weighted by atomic mass is 15.1. The van der Waals surface area contributed by atoms with Gasteiger partial charge in [-0.3, -0.25) is 0 Å². The number of benzene rings is 2. The molecule has 0 aliphatic rings. The molecule has 106 valence electrons. The Morgan fingerprint density at radius 3 is 2.27 bits per heavy atom. The van der Waals surface area contributed by atoms with Crippen LogP contribution in [0.15, 0.2) is 85.2 Å². The van der Waals surface area contributed by atoms with Crippen molar-refractivity contribution in [2.24, 2.45) is 0 Å². The van der Waals surface area contributed by atoms with E-state index in [1.807, 2.05) is 0 Å². The summed E-state index contributed by atoms with van der Waals surface area (Å²) in [6.45, 7) is 2.12. The van der Waals surface area contributed by atoms with Gasteiger partial charge in [-0.15, -0.1) is 0 Å². The predicted octanol–water partition coefficient (Wildman–Crippen LogP) is 4.19. The van der Waals surface area contributed by atoms with Crippen molar-refractivity contribution in [2.45, 2.75) is 6.92 Å². The number of imidazole rings is 1. The second-order valence-electron chi connectivity index (χ2n) is 5.52. The predicted molar refractivity (Wildman–Crippen MR) is 89.1 cm³/mol. The third-order valence-corrected chi connectivity index (χ3v) is 3.96. The molecule has 0 spiro atoms. The summed E-state index contributed by atoms with van der Waals surface area (Å²) in [5.41, 5.74) is 6.01. The molecule has 0 atom stereocenters. The summed E-state index contributed by atoms with van der Waals surface area (Å²) in [5, 5.41) is 0. The van der Waals surface area contributed by atoms with Crippen LogP contribution in [0.25, 0.3) is 22.6 Å². The Morgan fingerprint density at radius 1 is 0.773 bits per heavy atom. The molecule has 4 rings (SSSR count). The number of nitrogens with zero attached hydrogens (tertiary/aromatic N) is 2. The van der Waals surface area contributed by atoms with Gasteiger partial charge in [0, 0.05) is 11.6 Å². The molecule has 2 heteroatoms. The van der Waals surface area contributed by atoms with E-state index in [2.05, 4.69) is 101 Å². The van der Waals surface area contributed by atoms with Gasteiger partial charge in [0.15, 0.2) is 5.69 Å². The van der Waals surface area contributed by atoms with Crippen LogP contribution in [-0.4, -0.2) is 4.57 Å². The first-order valence-electron chi connectivity index (χ1n) is 7.47. The Balaban J connectivity index is 2.04. The van der Waals surface area contributed by atoms with Gasteiger partial charge in [0.25, 0.3) is 5.65 Å². The Morgan fingerprint density at radius 2 is 1.50 bits per heavy atom. The molecule has 0 aliphatic carbocycles. The number of fused-ring (bicyclic) bond motifs is 1. The summed E-state index contributed by atoms with van der Waals surface area (Å²) >= 11 is 0. The van der Waals surface area contributed by atoms with Gasteiger partial charge >= 0.3 is 0 Å². The van der Waals surface area contributed by atoms with E-state index in [1.165, 1.54) is 22.5 Å². The first-order chi connectivity index (χ1) is 10.8. The molecule has 4 aromatic rings. The van der Waals surface area contributed by atoms with Crippen molar-refractivity contribution in [2.75, 3.05) is 0 Å². The average molecular weight is 285 g/mol. The molecular weight excluding hydrogens is 268 g/mol. The summed E-state index contributed by atoms with van der Waals surface area (Å²) in [4.78, 5) is 0. The summed E-state index contributed by atoms with van der Waals surface area (Å²) < 4.78 is 4.47. The number of pyridine rings is 1. The summed E-state index contributed by atoms with van der Waals surface area (Å²) in [5.74, 6) is 0. The second-order valence-corrected chi connectivity index (χ2v) is 5.52. The molecule has 0 N–H and O–H groups in total. The van der Waals surface area contributed by atoms with Gasteiger partial charge in [0.2, 0.25) is 0 Å². The quantitative estimate of drug-likeness (QED) is 0.488. The first kappa shape index (κ1) is 12.8. The van der Waals surface area contributed by atoms with Crippen LogP contribution < -0.4 is 4.40 Å². The molecule has 0 bridgehead atoms. The van der Waals surface area contributed by atoms with Gasteiger partial charge in [0.1, 0.15) is 11.9 Å². The van der Waals surface area contributed by atoms with Crippen molar-refractivity contribution in [3.05, 3.63) is 90.8 Å². The zero-order valence-electron chi connectivity index (χ0n) is 12.5. The molecule has 0 saturated heterocycles. The lowest BCUT2D eigenvalue weighted by molar-refractivity contribution is -0.510. The highest BCUT2D eigenvalue weighted by molar-refractivity contribution is 5.65. The minimum Gasteiger partial charge on any atom is -0.202 e. The number of aryl methyl sites for hydroxylation is 1. The lowest BCUT2D eigenvalue weighted by atomic mass is 10.1. The van der Waals surface area contributed by atoms with E-state index in [1.54, 1.807) is 0 Å². The van der Waals surface area contributed by atoms with Crippen molar-refractivity contribution >= 4 is 5.65 Å². The van der Waals surface area contributed by atoms with E-state index in [9.17, 15) is 0 Å². The van der Waals surface area contributed by atoms with Crippen LogP contribution >= 0.6 is 0 Å². The minimum atomic E-state index is 1.16. The largest absolute Gasteiger partial charge is 0.291 e. The van der Waals surface area contributed by atoms with Crippen LogP contribution in [0, 0.1) is 6.92 Å². The van der Waals surface area contributed by atoms with Gasteiger partial charge < -0.3 is 0 Å². The minimum absolute atomic E-state index is 1.16. The number of aromatic nitrogens is 2. The van der Waals surface area contributed by atoms with Crippen molar-refractivity contribution in [3.8, 4) is 16.9 Å². The average Bonchev–Trinajstić information content (AvgIpc) is 2.96. The first-order valence-corrected chi connectivity index (χ1v) is 7.47. The van der Waals surface area contributed by atoms with Gasteiger partial charge in [-0.1, -0.05) is 54.1 Å². The lowest BCUT2D eigenvalue weighted by Gasteiger charge is -2.03. The SMILES string of the molecule is Cc1ccc(-n2c(-c3ccccc3)c[n+]3ccccc23)cc1. The molecule has 0 aliphatic heterocycles. The summed E-state index contributed by atoms with van der Waals surface area (Å²) in [6, 6.07) is 25.5. The molecule has 0 fully saturated rings. The van der Waals surface area contributed by atoms with Gasteiger partial charge in [-0.05, 0) is 25.1 Å². The van der Waals surface area contributed by atoms with E-state index in [4.69, 9.17) is 0 Å². The molecular formula is C20H17N2+. The Labute approximate surface area is 129 Å². The summed E-state index contributed by atoms with van der Waals surface area (Å²) in [6.07, 6.45) is 4.27. The van der Waals surface area contributed by atoms with E-state index < -0.39 is 0 Å². The molecule has 2 heterocycles. The van der Waals surface area contributed by atoms with E-state index in [0.29, 0.717) is 0 Å². The van der Waals surface area contributed by atoms with Crippen LogP contribution in [0.2, 0.25) is 0 Å². The van der Waals surface area contributed by atoms with Crippen LogP contribution in [-0.2, 0) is 0 Å². The van der Waals surface area contributed by atoms with Gasteiger partial charge in [-0.2, -0.15) is 4.57 Å². The van der Waals surface area contributed by atoms with Crippen molar-refractivity contribution in [1.29, 1.82) is 0 Å². The monoisotopic (exact) mass is 285 g/mol. The van der Waals surface area contributed by atoms with Gasteiger partial charge in [0.05, 0.1) is 6.20 Å². The van der Waals surface area contributed by atoms with Crippen molar-refractivity contribution in [1.82, 2.24) is 4.57 Å². The van der Waals surface area contributed by atoms with Crippen LogP contribution in [0.1, 0.15) is 5.56 Å².